The maximum absolute atomic E-state index is 11.6. The second-order valence-corrected chi connectivity index (χ2v) is 9.48. The van der Waals surface area contributed by atoms with E-state index in [-0.39, 0.29) is 4.90 Å². The number of hydrogen-bond acceptors (Lipinski definition) is 4. The Hall–Kier alpha value is -2.58. The molecule has 3 aromatic carbocycles. The number of nitrogens with two attached hydrogens (primary N) is 1. The van der Waals surface area contributed by atoms with Gasteiger partial charge in [-0.05, 0) is 60.9 Å². The van der Waals surface area contributed by atoms with Crippen LogP contribution in [0.2, 0.25) is 5.02 Å². The molecule has 0 bridgehead atoms. The highest BCUT2D eigenvalue weighted by atomic mass is 35.5. The second kappa shape index (κ2) is 8.28. The van der Waals surface area contributed by atoms with E-state index in [1.807, 2.05) is 48.7 Å². The van der Waals surface area contributed by atoms with Gasteiger partial charge in [-0.3, -0.25) is 0 Å². The molecule has 0 fully saturated rings. The molecule has 5 nitrogen and oxygen atoms in total. The van der Waals surface area contributed by atoms with Crippen molar-refractivity contribution in [2.45, 2.75) is 9.79 Å². The molecular formula is C22H18ClN3O2S2. The van der Waals surface area contributed by atoms with Gasteiger partial charge in [0.1, 0.15) is 0 Å². The maximum Gasteiger partial charge on any atom is 0.238 e. The molecule has 1 aromatic heterocycles. The van der Waals surface area contributed by atoms with Crippen LogP contribution in [-0.4, -0.2) is 24.5 Å². The molecule has 152 valence electrons. The lowest BCUT2D eigenvalue weighted by atomic mass is 10.1. The summed E-state index contributed by atoms with van der Waals surface area (Å²) >= 11 is 7.69. The van der Waals surface area contributed by atoms with E-state index in [1.54, 1.807) is 28.6 Å². The lowest BCUT2D eigenvalue weighted by Gasteiger charge is -2.09. The Morgan fingerprint density at radius 1 is 0.933 bits per heavy atom. The summed E-state index contributed by atoms with van der Waals surface area (Å²) in [4.78, 5) is 1.19. The third kappa shape index (κ3) is 4.29. The Morgan fingerprint density at radius 3 is 2.27 bits per heavy atom. The zero-order valence-corrected chi connectivity index (χ0v) is 18.4. The molecule has 0 atom stereocenters. The maximum atomic E-state index is 11.6. The van der Waals surface area contributed by atoms with Gasteiger partial charge < -0.3 is 0 Å². The minimum atomic E-state index is -3.76. The monoisotopic (exact) mass is 455 g/mol. The molecule has 0 saturated carbocycles. The fourth-order valence-corrected chi connectivity index (χ4v) is 4.21. The number of primary sulfonamides is 1. The van der Waals surface area contributed by atoms with Gasteiger partial charge in [0.05, 0.1) is 22.0 Å². The van der Waals surface area contributed by atoms with Crippen molar-refractivity contribution in [3.63, 3.8) is 0 Å². The van der Waals surface area contributed by atoms with Crippen LogP contribution in [0.4, 0.5) is 0 Å². The van der Waals surface area contributed by atoms with Gasteiger partial charge >= 0.3 is 0 Å². The Kier molecular flexibility index (Phi) is 5.71. The molecule has 0 radical (unpaired) electrons. The lowest BCUT2D eigenvalue weighted by Crippen LogP contribution is -2.12. The smallest absolute Gasteiger partial charge is 0.232 e. The van der Waals surface area contributed by atoms with Crippen molar-refractivity contribution in [3.05, 3.63) is 83.9 Å². The molecule has 2 N–H and O–H groups in total. The number of thioether (sulfide) groups is 1. The number of benzene rings is 3. The second-order valence-electron chi connectivity index (χ2n) is 6.60. The van der Waals surface area contributed by atoms with E-state index in [0.29, 0.717) is 5.02 Å². The Morgan fingerprint density at radius 2 is 1.63 bits per heavy atom. The number of rotatable bonds is 5. The van der Waals surface area contributed by atoms with Crippen molar-refractivity contribution in [2.75, 3.05) is 6.26 Å². The van der Waals surface area contributed by atoms with Crippen molar-refractivity contribution in [1.82, 2.24) is 9.78 Å². The summed E-state index contributed by atoms with van der Waals surface area (Å²) < 4.78 is 25.0. The number of halogens is 1. The molecular weight excluding hydrogens is 438 g/mol. The van der Waals surface area contributed by atoms with Crippen LogP contribution in [0.5, 0.6) is 0 Å². The van der Waals surface area contributed by atoms with E-state index >= 15 is 0 Å². The number of sulfonamides is 1. The highest BCUT2D eigenvalue weighted by Gasteiger charge is 2.15. The molecule has 0 aliphatic carbocycles. The van der Waals surface area contributed by atoms with Crippen molar-refractivity contribution in [1.29, 1.82) is 0 Å². The average molecular weight is 456 g/mol. The molecule has 0 aliphatic heterocycles. The van der Waals surface area contributed by atoms with Gasteiger partial charge in [-0.15, -0.1) is 11.8 Å². The van der Waals surface area contributed by atoms with Crippen molar-refractivity contribution in [3.8, 4) is 28.2 Å². The number of hydrogen-bond donors (Lipinski definition) is 1. The summed E-state index contributed by atoms with van der Waals surface area (Å²) in [5.41, 5.74) is 4.34. The summed E-state index contributed by atoms with van der Waals surface area (Å²) in [6, 6.07) is 24.0. The minimum Gasteiger partial charge on any atom is -0.232 e. The van der Waals surface area contributed by atoms with Crippen LogP contribution in [0.3, 0.4) is 0 Å². The Bertz CT molecular complexity index is 1300. The van der Waals surface area contributed by atoms with Gasteiger partial charge in [-0.2, -0.15) is 5.10 Å². The lowest BCUT2D eigenvalue weighted by molar-refractivity contribution is 0.598. The molecule has 0 aliphatic rings. The third-order valence-corrected chi connectivity index (χ3v) is 6.53. The Balaban J connectivity index is 1.88. The first-order chi connectivity index (χ1) is 14.3. The summed E-state index contributed by atoms with van der Waals surface area (Å²) in [6.07, 6.45) is 2.03. The third-order valence-electron chi connectivity index (χ3n) is 4.62. The predicted molar refractivity (Wildman–Crippen MR) is 123 cm³/mol. The predicted octanol–water partition coefficient (Wildman–Crippen LogP) is 5.23. The van der Waals surface area contributed by atoms with Gasteiger partial charge in [0, 0.05) is 21.0 Å². The molecule has 0 unspecified atom stereocenters. The van der Waals surface area contributed by atoms with Gasteiger partial charge in [0.25, 0.3) is 0 Å². The fraction of sp³-hybridized carbons (Fsp3) is 0.0455. The largest absolute Gasteiger partial charge is 0.238 e. The fourth-order valence-electron chi connectivity index (χ4n) is 3.10. The first-order valence-electron chi connectivity index (χ1n) is 8.99. The van der Waals surface area contributed by atoms with Crippen molar-refractivity contribution in [2.24, 2.45) is 5.14 Å². The van der Waals surface area contributed by atoms with Gasteiger partial charge in [-0.25, -0.2) is 18.2 Å². The molecule has 4 rings (SSSR count). The van der Waals surface area contributed by atoms with E-state index in [2.05, 4.69) is 12.1 Å². The van der Waals surface area contributed by atoms with Crippen LogP contribution >= 0.6 is 23.4 Å². The topological polar surface area (TPSA) is 78.0 Å². The van der Waals surface area contributed by atoms with Crippen LogP contribution in [0.1, 0.15) is 0 Å². The highest BCUT2D eigenvalue weighted by molar-refractivity contribution is 7.98. The van der Waals surface area contributed by atoms with E-state index in [9.17, 15) is 8.42 Å². The zero-order valence-electron chi connectivity index (χ0n) is 16.0. The first-order valence-corrected chi connectivity index (χ1v) is 12.1. The van der Waals surface area contributed by atoms with Gasteiger partial charge in [0.15, 0.2) is 0 Å². The first kappa shape index (κ1) is 20.7. The van der Waals surface area contributed by atoms with Gasteiger partial charge in [-0.1, -0.05) is 35.9 Å². The van der Waals surface area contributed by atoms with E-state index < -0.39 is 10.0 Å². The minimum absolute atomic E-state index is 0.0576. The summed E-state index contributed by atoms with van der Waals surface area (Å²) in [7, 11) is -3.76. The molecule has 8 heteroatoms. The van der Waals surface area contributed by atoms with Crippen LogP contribution in [0.15, 0.2) is 88.7 Å². The van der Waals surface area contributed by atoms with Crippen LogP contribution in [0.25, 0.3) is 28.2 Å². The van der Waals surface area contributed by atoms with E-state index in [0.717, 1.165) is 33.1 Å². The van der Waals surface area contributed by atoms with Crippen molar-refractivity contribution >= 4 is 33.4 Å². The quantitative estimate of drug-likeness (QED) is 0.418. The molecule has 1 heterocycles. The SMILES string of the molecule is CSc1cccc(-c2cc(-c3ccc(Cl)cc3)nn2-c2ccc(S(N)(=O)=O)cc2)c1. The molecule has 0 saturated heterocycles. The Labute approximate surface area is 184 Å². The zero-order chi connectivity index (χ0) is 21.3. The van der Waals surface area contributed by atoms with Crippen molar-refractivity contribution < 1.29 is 8.42 Å². The van der Waals surface area contributed by atoms with E-state index in [1.165, 1.54) is 12.1 Å². The van der Waals surface area contributed by atoms with E-state index in [4.69, 9.17) is 21.8 Å². The highest BCUT2D eigenvalue weighted by Crippen LogP contribution is 2.31. The summed E-state index contributed by atoms with van der Waals surface area (Å²) in [5.74, 6) is 0. The van der Waals surface area contributed by atoms with Gasteiger partial charge in [0.2, 0.25) is 10.0 Å². The number of aromatic nitrogens is 2. The molecule has 0 spiro atoms. The standard InChI is InChI=1S/C22H18ClN3O2S2/c1-29-19-4-2-3-16(13-19)22-14-21(15-5-7-17(23)8-6-15)25-26(22)18-9-11-20(12-10-18)30(24,27)28/h2-14H,1H3,(H2,24,27,28). The van der Waals surface area contributed by atoms with Crippen LogP contribution in [-0.2, 0) is 10.0 Å². The summed E-state index contributed by atoms with van der Waals surface area (Å²) in [5, 5.41) is 10.7. The average Bonchev–Trinajstić information content (AvgIpc) is 3.19. The molecule has 4 aromatic rings. The van der Waals surface area contributed by atoms with Crippen LogP contribution < -0.4 is 5.14 Å². The normalized spacial score (nSPS) is 11.6. The number of nitrogens with zero attached hydrogens (tertiary/aromatic N) is 2. The summed E-state index contributed by atoms with van der Waals surface area (Å²) in [6.45, 7) is 0. The molecule has 0 amide bonds. The molecule has 30 heavy (non-hydrogen) atoms. The van der Waals surface area contributed by atoms with Crippen LogP contribution in [0, 0.1) is 0 Å².